The van der Waals surface area contributed by atoms with Crippen LogP contribution in [0.4, 0.5) is 5.69 Å². The molecule has 7 nitrogen and oxygen atoms in total. The van der Waals surface area contributed by atoms with Crippen LogP contribution in [0.5, 0.6) is 0 Å². The van der Waals surface area contributed by atoms with Crippen LogP contribution in [0.1, 0.15) is 70.9 Å². The van der Waals surface area contributed by atoms with Gasteiger partial charge in [0.15, 0.2) is 0 Å². The zero-order chi connectivity index (χ0) is 31.4. The SMILES string of the molecule is CCN1CCCc2cc(CN(C3CCCC3)S(=O)(=O)c3cccc(-c4ccccc4C(=O)NC(=O)c4ccccc4)c3)ccc21. The first-order valence-corrected chi connectivity index (χ1v) is 17.3. The smallest absolute Gasteiger partial charge is 0.258 e. The fourth-order valence-corrected chi connectivity index (χ4v) is 8.38. The Hall–Kier alpha value is -4.27. The second-order valence-electron chi connectivity index (χ2n) is 11.9. The minimum absolute atomic E-state index is 0.0658. The molecule has 0 aromatic heterocycles. The van der Waals surface area contributed by atoms with Gasteiger partial charge in [0.1, 0.15) is 0 Å². The third kappa shape index (κ3) is 6.58. The summed E-state index contributed by atoms with van der Waals surface area (Å²) in [6.45, 7) is 4.49. The summed E-state index contributed by atoms with van der Waals surface area (Å²) in [5.41, 5.74) is 5.35. The minimum atomic E-state index is -3.87. The molecule has 0 spiro atoms. The van der Waals surface area contributed by atoms with Crippen molar-refractivity contribution in [1.82, 2.24) is 9.62 Å². The predicted molar refractivity (Wildman–Crippen MR) is 178 cm³/mol. The molecule has 1 saturated carbocycles. The van der Waals surface area contributed by atoms with Crippen molar-refractivity contribution in [3.8, 4) is 11.1 Å². The van der Waals surface area contributed by atoms with Crippen molar-refractivity contribution in [3.63, 3.8) is 0 Å². The van der Waals surface area contributed by atoms with Gasteiger partial charge in [-0.15, -0.1) is 0 Å². The van der Waals surface area contributed by atoms with E-state index in [-0.39, 0.29) is 10.9 Å². The Labute approximate surface area is 265 Å². The van der Waals surface area contributed by atoms with E-state index >= 15 is 0 Å². The van der Waals surface area contributed by atoms with Crippen LogP contribution in [0.2, 0.25) is 0 Å². The lowest BCUT2D eigenvalue weighted by atomic mass is 9.99. The van der Waals surface area contributed by atoms with Crippen LogP contribution < -0.4 is 10.2 Å². The molecular formula is C37H39N3O4S. The van der Waals surface area contributed by atoms with Crippen molar-refractivity contribution >= 4 is 27.5 Å². The molecule has 8 heteroatoms. The van der Waals surface area contributed by atoms with E-state index in [4.69, 9.17) is 0 Å². The fourth-order valence-electron chi connectivity index (χ4n) is 6.66. The van der Waals surface area contributed by atoms with E-state index in [9.17, 15) is 18.0 Å². The zero-order valence-electron chi connectivity index (χ0n) is 25.6. The molecule has 6 rings (SSSR count). The minimum Gasteiger partial charge on any atom is -0.372 e. The average Bonchev–Trinajstić information content (AvgIpc) is 3.62. The van der Waals surface area contributed by atoms with Gasteiger partial charge in [0.25, 0.3) is 11.8 Å². The lowest BCUT2D eigenvalue weighted by Crippen LogP contribution is -2.38. The number of aryl methyl sites for hydroxylation is 1. The number of benzene rings is 4. The van der Waals surface area contributed by atoms with Crippen LogP contribution in [0.15, 0.2) is 102 Å². The normalized spacial score (nSPS) is 15.2. The number of nitrogens with zero attached hydrogens (tertiary/aromatic N) is 2. The summed E-state index contributed by atoms with van der Waals surface area (Å²) in [6, 6.07) is 28.6. The molecule has 1 N–H and O–H groups in total. The standard InChI is InChI=1S/C37H39N3O4S/c1-2-39-23-11-15-30-24-27(21-22-35(30)39)26-40(31-16-6-7-17-31)45(43,44)32-18-10-14-29(25-32)33-19-8-9-20-34(33)37(42)38-36(41)28-12-4-3-5-13-28/h3-5,8-10,12-14,18-22,24-25,31H,2,6-7,11,15-17,23,26H2,1H3,(H,38,41,42). The van der Waals surface area contributed by atoms with Gasteiger partial charge in [-0.3, -0.25) is 14.9 Å². The highest BCUT2D eigenvalue weighted by atomic mass is 32.2. The topological polar surface area (TPSA) is 86.8 Å². The van der Waals surface area contributed by atoms with Gasteiger partial charge in [0.05, 0.1) is 4.90 Å². The lowest BCUT2D eigenvalue weighted by molar-refractivity contribution is 0.0849. The van der Waals surface area contributed by atoms with E-state index in [2.05, 4.69) is 35.3 Å². The summed E-state index contributed by atoms with van der Waals surface area (Å²) in [5.74, 6) is -1.04. The largest absolute Gasteiger partial charge is 0.372 e. The van der Waals surface area contributed by atoms with E-state index < -0.39 is 21.8 Å². The predicted octanol–water partition coefficient (Wildman–Crippen LogP) is 6.83. The Morgan fingerprint density at radius 1 is 0.844 bits per heavy atom. The van der Waals surface area contributed by atoms with E-state index in [1.54, 1.807) is 83.2 Å². The Morgan fingerprint density at radius 2 is 1.60 bits per heavy atom. The van der Waals surface area contributed by atoms with Gasteiger partial charge in [-0.05, 0) is 91.3 Å². The Balaban J connectivity index is 1.30. The number of carbonyl (C=O) groups is 2. The molecule has 0 unspecified atom stereocenters. The van der Waals surface area contributed by atoms with Crippen LogP contribution in [0, 0.1) is 0 Å². The molecule has 2 aliphatic rings. The third-order valence-corrected chi connectivity index (χ3v) is 10.9. The number of nitrogens with one attached hydrogen (secondary N) is 1. The number of anilines is 1. The van der Waals surface area contributed by atoms with Gasteiger partial charge in [-0.25, -0.2) is 8.42 Å². The number of amides is 2. The van der Waals surface area contributed by atoms with E-state index in [1.165, 1.54) is 11.3 Å². The van der Waals surface area contributed by atoms with Gasteiger partial charge < -0.3 is 4.90 Å². The first-order chi connectivity index (χ1) is 21.8. The highest BCUT2D eigenvalue weighted by Crippen LogP contribution is 2.34. The lowest BCUT2D eigenvalue weighted by Gasteiger charge is -2.32. The first-order valence-electron chi connectivity index (χ1n) is 15.8. The molecule has 1 aliphatic carbocycles. The molecular weight excluding hydrogens is 582 g/mol. The number of fused-ring (bicyclic) bond motifs is 1. The summed E-state index contributed by atoms with van der Waals surface area (Å²) in [4.78, 5) is 28.6. The number of hydrogen-bond donors (Lipinski definition) is 1. The van der Waals surface area contributed by atoms with E-state index in [0.717, 1.165) is 57.2 Å². The van der Waals surface area contributed by atoms with Crippen molar-refractivity contribution in [2.75, 3.05) is 18.0 Å². The summed E-state index contributed by atoms with van der Waals surface area (Å²) in [5, 5.41) is 2.47. The van der Waals surface area contributed by atoms with Crippen LogP contribution in [0.25, 0.3) is 11.1 Å². The van der Waals surface area contributed by atoms with Crippen molar-refractivity contribution in [2.24, 2.45) is 0 Å². The van der Waals surface area contributed by atoms with Gasteiger partial charge in [-0.2, -0.15) is 4.31 Å². The summed E-state index contributed by atoms with van der Waals surface area (Å²) < 4.78 is 30.5. The van der Waals surface area contributed by atoms with Gasteiger partial charge in [0, 0.05) is 42.5 Å². The van der Waals surface area contributed by atoms with Crippen LogP contribution in [0.3, 0.4) is 0 Å². The Kier molecular flexibility index (Phi) is 9.14. The van der Waals surface area contributed by atoms with Crippen LogP contribution in [-0.4, -0.2) is 43.7 Å². The second kappa shape index (κ2) is 13.4. The maximum Gasteiger partial charge on any atom is 0.258 e. The molecule has 232 valence electrons. The molecule has 1 heterocycles. The monoisotopic (exact) mass is 621 g/mol. The molecule has 4 aromatic carbocycles. The zero-order valence-corrected chi connectivity index (χ0v) is 26.4. The molecule has 2 amide bonds. The highest BCUT2D eigenvalue weighted by molar-refractivity contribution is 7.89. The summed E-state index contributed by atoms with van der Waals surface area (Å²) >= 11 is 0. The fraction of sp³-hybridized carbons (Fsp3) is 0.297. The van der Waals surface area contributed by atoms with Crippen molar-refractivity contribution in [1.29, 1.82) is 0 Å². The molecule has 1 aliphatic heterocycles. The molecule has 0 radical (unpaired) electrons. The van der Waals surface area contributed by atoms with E-state index in [1.807, 2.05) is 0 Å². The van der Waals surface area contributed by atoms with Gasteiger partial charge in [0.2, 0.25) is 10.0 Å². The van der Waals surface area contributed by atoms with Crippen molar-refractivity contribution in [3.05, 3.63) is 119 Å². The molecule has 0 atom stereocenters. The second-order valence-corrected chi connectivity index (χ2v) is 13.7. The summed E-state index contributed by atoms with van der Waals surface area (Å²) in [7, 11) is -3.87. The molecule has 4 aromatic rings. The average molecular weight is 622 g/mol. The van der Waals surface area contributed by atoms with Crippen molar-refractivity contribution < 1.29 is 18.0 Å². The number of sulfonamides is 1. The van der Waals surface area contributed by atoms with Crippen molar-refractivity contribution in [2.45, 2.75) is 62.9 Å². The van der Waals surface area contributed by atoms with E-state index in [0.29, 0.717) is 28.8 Å². The third-order valence-electron chi connectivity index (χ3n) is 9.00. The molecule has 0 bridgehead atoms. The van der Waals surface area contributed by atoms with Gasteiger partial charge >= 0.3 is 0 Å². The molecule has 0 saturated heterocycles. The highest BCUT2D eigenvalue weighted by Gasteiger charge is 2.34. The Morgan fingerprint density at radius 3 is 2.38 bits per heavy atom. The van der Waals surface area contributed by atoms with Crippen LogP contribution in [-0.2, 0) is 23.0 Å². The number of carbonyl (C=O) groups excluding carboxylic acids is 2. The molecule has 1 fully saturated rings. The quantitative estimate of drug-likeness (QED) is 0.207. The first kappa shape index (κ1) is 30.7. The maximum absolute atomic E-state index is 14.4. The Bertz CT molecular complexity index is 1800. The number of hydrogen-bond acceptors (Lipinski definition) is 5. The number of rotatable bonds is 9. The van der Waals surface area contributed by atoms with Gasteiger partial charge in [-0.1, -0.05) is 73.5 Å². The molecule has 45 heavy (non-hydrogen) atoms. The maximum atomic E-state index is 14.4. The van der Waals surface area contributed by atoms with Crippen LogP contribution >= 0.6 is 0 Å². The number of imide groups is 1. The summed E-state index contributed by atoms with van der Waals surface area (Å²) in [6.07, 6.45) is 5.80.